The van der Waals surface area contributed by atoms with Crippen molar-refractivity contribution < 1.29 is 19.1 Å². The standard InChI is InChI=1S/C17H22Cl2O4/c1-11(2)7-6-10-22-15(20)17(3,4)16(21)23-13-9-5-8-12(18)14(13)19/h5,8-9,11H,6-7,10H2,1-4H3. The summed E-state index contributed by atoms with van der Waals surface area (Å²) in [6.45, 7) is 7.39. The zero-order valence-corrected chi connectivity index (χ0v) is 15.3. The van der Waals surface area contributed by atoms with Crippen LogP contribution in [0.1, 0.15) is 40.5 Å². The van der Waals surface area contributed by atoms with Gasteiger partial charge in [-0.2, -0.15) is 0 Å². The lowest BCUT2D eigenvalue weighted by Gasteiger charge is -2.21. The van der Waals surface area contributed by atoms with E-state index in [1.54, 1.807) is 12.1 Å². The molecule has 0 spiro atoms. The molecule has 0 N–H and O–H groups in total. The van der Waals surface area contributed by atoms with Gasteiger partial charge < -0.3 is 9.47 Å². The molecule has 0 heterocycles. The van der Waals surface area contributed by atoms with E-state index in [0.717, 1.165) is 12.8 Å². The Morgan fingerprint density at radius 2 is 1.83 bits per heavy atom. The fourth-order valence-corrected chi connectivity index (χ4v) is 2.04. The molecular weight excluding hydrogens is 339 g/mol. The Labute approximate surface area is 147 Å². The van der Waals surface area contributed by atoms with E-state index in [0.29, 0.717) is 5.92 Å². The van der Waals surface area contributed by atoms with E-state index in [9.17, 15) is 9.59 Å². The van der Waals surface area contributed by atoms with Gasteiger partial charge in [-0.15, -0.1) is 0 Å². The monoisotopic (exact) mass is 360 g/mol. The molecule has 6 heteroatoms. The zero-order chi connectivity index (χ0) is 17.6. The Morgan fingerprint density at radius 3 is 2.43 bits per heavy atom. The Hall–Kier alpha value is -1.26. The maximum Gasteiger partial charge on any atom is 0.328 e. The van der Waals surface area contributed by atoms with Crippen molar-refractivity contribution >= 4 is 35.1 Å². The molecule has 0 aromatic heterocycles. The van der Waals surface area contributed by atoms with Crippen LogP contribution in [0.5, 0.6) is 5.75 Å². The number of benzene rings is 1. The summed E-state index contributed by atoms with van der Waals surface area (Å²) < 4.78 is 10.4. The molecule has 0 unspecified atom stereocenters. The molecule has 0 radical (unpaired) electrons. The minimum atomic E-state index is -1.43. The lowest BCUT2D eigenvalue weighted by atomic mass is 9.94. The second kappa shape index (κ2) is 8.55. The first-order valence-electron chi connectivity index (χ1n) is 7.49. The van der Waals surface area contributed by atoms with Crippen LogP contribution in [0, 0.1) is 11.3 Å². The number of hydrogen-bond acceptors (Lipinski definition) is 4. The Kier molecular flexibility index (Phi) is 7.36. The van der Waals surface area contributed by atoms with Gasteiger partial charge in [0.2, 0.25) is 0 Å². The van der Waals surface area contributed by atoms with Gasteiger partial charge in [-0.25, -0.2) is 0 Å². The number of halogens is 2. The van der Waals surface area contributed by atoms with E-state index < -0.39 is 17.4 Å². The van der Waals surface area contributed by atoms with Crippen molar-refractivity contribution in [1.29, 1.82) is 0 Å². The van der Waals surface area contributed by atoms with Gasteiger partial charge in [0.15, 0.2) is 11.2 Å². The number of esters is 2. The third-order valence-electron chi connectivity index (χ3n) is 3.30. The van der Waals surface area contributed by atoms with Gasteiger partial charge in [0.25, 0.3) is 0 Å². The summed E-state index contributed by atoms with van der Waals surface area (Å²) >= 11 is 11.8. The summed E-state index contributed by atoms with van der Waals surface area (Å²) in [6.07, 6.45) is 1.71. The van der Waals surface area contributed by atoms with Crippen molar-refractivity contribution in [3.05, 3.63) is 28.2 Å². The van der Waals surface area contributed by atoms with Crippen LogP contribution in [0.3, 0.4) is 0 Å². The normalized spacial score (nSPS) is 11.4. The predicted octanol–water partition coefficient (Wildman–Crippen LogP) is 4.90. The third-order valence-corrected chi connectivity index (χ3v) is 4.10. The molecule has 128 valence electrons. The fourth-order valence-electron chi connectivity index (χ4n) is 1.71. The number of rotatable bonds is 7. The van der Waals surface area contributed by atoms with Crippen LogP contribution in [0.15, 0.2) is 18.2 Å². The van der Waals surface area contributed by atoms with Crippen LogP contribution in [0.4, 0.5) is 0 Å². The lowest BCUT2D eigenvalue weighted by Crippen LogP contribution is -2.38. The Bertz CT molecular complexity index is 568. The summed E-state index contributed by atoms with van der Waals surface area (Å²) in [6, 6.07) is 4.69. The third kappa shape index (κ3) is 5.70. The first kappa shape index (κ1) is 19.8. The number of hydrogen-bond donors (Lipinski definition) is 0. The predicted molar refractivity (Wildman–Crippen MR) is 90.9 cm³/mol. The highest BCUT2D eigenvalue weighted by Gasteiger charge is 2.40. The Balaban J connectivity index is 2.65. The summed E-state index contributed by atoms with van der Waals surface area (Å²) in [5, 5.41) is 0.398. The number of carbonyl (C=O) groups excluding carboxylic acids is 2. The van der Waals surface area contributed by atoms with Gasteiger partial charge in [-0.1, -0.05) is 43.1 Å². The molecule has 23 heavy (non-hydrogen) atoms. The molecule has 0 bridgehead atoms. The maximum atomic E-state index is 12.3. The molecule has 0 aliphatic carbocycles. The first-order chi connectivity index (χ1) is 10.7. The summed E-state index contributed by atoms with van der Waals surface area (Å²) in [5.74, 6) is -0.707. The van der Waals surface area contributed by atoms with E-state index in [1.165, 1.54) is 19.9 Å². The smallest absolute Gasteiger partial charge is 0.328 e. The Morgan fingerprint density at radius 1 is 1.17 bits per heavy atom. The van der Waals surface area contributed by atoms with E-state index in [4.69, 9.17) is 32.7 Å². The van der Waals surface area contributed by atoms with Crippen molar-refractivity contribution in [1.82, 2.24) is 0 Å². The summed E-state index contributed by atoms with van der Waals surface area (Å²) in [4.78, 5) is 24.4. The zero-order valence-electron chi connectivity index (χ0n) is 13.8. The largest absolute Gasteiger partial charge is 0.465 e. The van der Waals surface area contributed by atoms with Gasteiger partial charge in [-0.3, -0.25) is 9.59 Å². The highest BCUT2D eigenvalue weighted by Crippen LogP contribution is 2.33. The minimum absolute atomic E-state index is 0.116. The first-order valence-corrected chi connectivity index (χ1v) is 8.25. The van der Waals surface area contributed by atoms with Gasteiger partial charge in [-0.05, 0) is 44.7 Å². The number of carbonyl (C=O) groups is 2. The van der Waals surface area contributed by atoms with Gasteiger partial charge in [0, 0.05) is 0 Å². The average Bonchev–Trinajstić information content (AvgIpc) is 2.47. The molecule has 0 saturated heterocycles. The second-order valence-corrected chi connectivity index (χ2v) is 7.02. The highest BCUT2D eigenvalue weighted by atomic mass is 35.5. The van der Waals surface area contributed by atoms with Crippen LogP contribution >= 0.6 is 23.2 Å². The highest BCUT2D eigenvalue weighted by molar-refractivity contribution is 6.43. The molecule has 0 amide bonds. The molecular formula is C17H22Cl2O4. The fraction of sp³-hybridized carbons (Fsp3) is 0.529. The minimum Gasteiger partial charge on any atom is -0.465 e. The van der Waals surface area contributed by atoms with Crippen molar-refractivity contribution in [3.8, 4) is 5.75 Å². The molecule has 0 aliphatic heterocycles. The SMILES string of the molecule is CC(C)CCCOC(=O)C(C)(C)C(=O)Oc1cccc(Cl)c1Cl. The van der Waals surface area contributed by atoms with Crippen LogP contribution in [0.25, 0.3) is 0 Å². The van der Waals surface area contributed by atoms with Gasteiger partial charge in [0.1, 0.15) is 5.02 Å². The summed E-state index contributed by atoms with van der Waals surface area (Å²) in [7, 11) is 0. The molecule has 0 atom stereocenters. The number of ether oxygens (including phenoxy) is 2. The topological polar surface area (TPSA) is 52.6 Å². The quantitative estimate of drug-likeness (QED) is 0.300. The van der Waals surface area contributed by atoms with Crippen molar-refractivity contribution in [3.63, 3.8) is 0 Å². The van der Waals surface area contributed by atoms with E-state index in [2.05, 4.69) is 13.8 Å². The molecule has 0 saturated carbocycles. The van der Waals surface area contributed by atoms with Gasteiger partial charge in [0.05, 0.1) is 11.6 Å². The van der Waals surface area contributed by atoms with Crippen molar-refractivity contribution in [2.45, 2.75) is 40.5 Å². The van der Waals surface area contributed by atoms with E-state index >= 15 is 0 Å². The van der Waals surface area contributed by atoms with Crippen molar-refractivity contribution in [2.75, 3.05) is 6.61 Å². The summed E-state index contributed by atoms with van der Waals surface area (Å²) in [5.41, 5.74) is -1.43. The van der Waals surface area contributed by atoms with E-state index in [1.807, 2.05) is 0 Å². The van der Waals surface area contributed by atoms with E-state index in [-0.39, 0.29) is 22.4 Å². The van der Waals surface area contributed by atoms with Crippen LogP contribution < -0.4 is 4.74 Å². The molecule has 4 nitrogen and oxygen atoms in total. The van der Waals surface area contributed by atoms with Crippen LogP contribution in [0.2, 0.25) is 10.0 Å². The van der Waals surface area contributed by atoms with Gasteiger partial charge >= 0.3 is 11.9 Å². The average molecular weight is 361 g/mol. The molecule has 1 rings (SSSR count). The van der Waals surface area contributed by atoms with Crippen molar-refractivity contribution in [2.24, 2.45) is 11.3 Å². The molecule has 0 fully saturated rings. The molecule has 1 aromatic carbocycles. The molecule has 1 aromatic rings. The molecule has 0 aliphatic rings. The second-order valence-electron chi connectivity index (χ2n) is 6.24. The maximum absolute atomic E-state index is 12.3. The van der Waals surface area contributed by atoms with Crippen LogP contribution in [-0.2, 0) is 14.3 Å². The van der Waals surface area contributed by atoms with Crippen LogP contribution in [-0.4, -0.2) is 18.5 Å². The lowest BCUT2D eigenvalue weighted by molar-refractivity contribution is -0.164.